The van der Waals surface area contributed by atoms with Gasteiger partial charge in [-0.15, -0.1) is 0 Å². The highest BCUT2D eigenvalue weighted by Gasteiger charge is 2.04. The molecule has 0 radical (unpaired) electrons. The molecule has 0 atom stereocenters. The van der Waals surface area contributed by atoms with E-state index < -0.39 is 0 Å². The molecule has 0 spiro atoms. The lowest BCUT2D eigenvalue weighted by molar-refractivity contribution is 0.738. The van der Waals surface area contributed by atoms with Gasteiger partial charge in [0.25, 0.3) is 0 Å². The molecule has 0 aliphatic heterocycles. The van der Waals surface area contributed by atoms with Crippen LogP contribution in [-0.2, 0) is 13.6 Å². The summed E-state index contributed by atoms with van der Waals surface area (Å²) in [5.41, 5.74) is 4.50. The van der Waals surface area contributed by atoms with Crippen molar-refractivity contribution in [2.75, 3.05) is 5.32 Å². The lowest BCUT2D eigenvalue weighted by Gasteiger charge is -2.08. The molecule has 3 aromatic rings. The molecule has 0 saturated carbocycles. The van der Waals surface area contributed by atoms with Crippen LogP contribution in [0, 0.1) is 6.92 Å². The average Bonchev–Trinajstić information content (AvgIpc) is 3.10. The Bertz CT molecular complexity index is 697. The van der Waals surface area contributed by atoms with E-state index in [1.807, 2.05) is 47.0 Å². The van der Waals surface area contributed by atoms with Crippen LogP contribution < -0.4 is 5.32 Å². The van der Waals surface area contributed by atoms with Gasteiger partial charge < -0.3 is 5.32 Å². The molecule has 2 aromatic heterocycles. The molecule has 0 aliphatic carbocycles. The lowest BCUT2D eigenvalue weighted by atomic mass is 10.2. The van der Waals surface area contributed by atoms with Gasteiger partial charge >= 0.3 is 0 Å². The molecule has 5 nitrogen and oxygen atoms in total. The molecule has 5 heteroatoms. The number of aromatic nitrogens is 4. The van der Waals surface area contributed by atoms with Crippen molar-refractivity contribution in [2.24, 2.45) is 7.05 Å². The van der Waals surface area contributed by atoms with E-state index in [1.165, 1.54) is 11.3 Å². The second-order valence-electron chi connectivity index (χ2n) is 4.73. The first-order chi connectivity index (χ1) is 9.74. The van der Waals surface area contributed by atoms with Crippen molar-refractivity contribution in [3.8, 4) is 5.69 Å². The van der Waals surface area contributed by atoms with Crippen molar-refractivity contribution in [3.05, 3.63) is 60.2 Å². The van der Waals surface area contributed by atoms with Gasteiger partial charge in [0.05, 0.1) is 11.9 Å². The van der Waals surface area contributed by atoms with E-state index >= 15 is 0 Å². The van der Waals surface area contributed by atoms with E-state index in [1.54, 1.807) is 6.20 Å². The predicted molar refractivity (Wildman–Crippen MR) is 78.8 cm³/mol. The largest absolute Gasteiger partial charge is 0.381 e. The van der Waals surface area contributed by atoms with Crippen LogP contribution >= 0.6 is 0 Å². The fourth-order valence-corrected chi connectivity index (χ4v) is 2.09. The van der Waals surface area contributed by atoms with Gasteiger partial charge in [-0.1, -0.05) is 6.07 Å². The molecule has 102 valence electrons. The molecule has 0 amide bonds. The Morgan fingerprint density at radius 2 is 2.10 bits per heavy atom. The van der Waals surface area contributed by atoms with Crippen molar-refractivity contribution in [2.45, 2.75) is 13.5 Å². The molecular formula is C15H17N5. The summed E-state index contributed by atoms with van der Waals surface area (Å²) in [5, 5.41) is 11.9. The van der Waals surface area contributed by atoms with Crippen molar-refractivity contribution >= 4 is 5.69 Å². The summed E-state index contributed by atoms with van der Waals surface area (Å²) < 4.78 is 3.73. The highest BCUT2D eigenvalue weighted by Crippen LogP contribution is 2.15. The van der Waals surface area contributed by atoms with Gasteiger partial charge in [0.15, 0.2) is 0 Å². The summed E-state index contributed by atoms with van der Waals surface area (Å²) in [6.45, 7) is 2.84. The maximum absolute atomic E-state index is 4.25. The van der Waals surface area contributed by atoms with Crippen LogP contribution in [0.2, 0.25) is 0 Å². The minimum Gasteiger partial charge on any atom is -0.381 e. The minimum atomic E-state index is 0.766. The van der Waals surface area contributed by atoms with Gasteiger partial charge in [-0.3, -0.25) is 4.68 Å². The van der Waals surface area contributed by atoms with Crippen molar-refractivity contribution in [3.63, 3.8) is 0 Å². The molecular weight excluding hydrogens is 250 g/mol. The molecule has 1 aromatic carbocycles. The number of hydrogen-bond donors (Lipinski definition) is 1. The van der Waals surface area contributed by atoms with Crippen LogP contribution in [0.5, 0.6) is 0 Å². The summed E-state index contributed by atoms with van der Waals surface area (Å²) in [4.78, 5) is 0. The predicted octanol–water partition coefficient (Wildman–Crippen LogP) is 2.53. The highest BCUT2D eigenvalue weighted by atomic mass is 15.3. The Hall–Kier alpha value is -2.56. The Kier molecular flexibility index (Phi) is 3.25. The molecule has 0 bridgehead atoms. The smallest absolute Gasteiger partial charge is 0.0666 e. The van der Waals surface area contributed by atoms with E-state index in [0.717, 1.165) is 17.9 Å². The molecule has 3 rings (SSSR count). The molecule has 0 fully saturated rings. The van der Waals surface area contributed by atoms with Gasteiger partial charge in [-0.2, -0.15) is 10.2 Å². The van der Waals surface area contributed by atoms with E-state index in [4.69, 9.17) is 0 Å². The van der Waals surface area contributed by atoms with E-state index in [2.05, 4.69) is 34.6 Å². The second kappa shape index (κ2) is 5.21. The zero-order valence-electron chi connectivity index (χ0n) is 11.6. The van der Waals surface area contributed by atoms with Crippen molar-refractivity contribution in [1.29, 1.82) is 0 Å². The average molecular weight is 267 g/mol. The Labute approximate surface area is 117 Å². The monoisotopic (exact) mass is 267 g/mol. The summed E-state index contributed by atoms with van der Waals surface area (Å²) in [5.74, 6) is 0. The van der Waals surface area contributed by atoms with Crippen molar-refractivity contribution in [1.82, 2.24) is 19.6 Å². The standard InChI is InChI=1S/C15H17N5/c1-12-13(11-18-19(12)2)10-16-14-5-3-6-15(9-14)20-8-4-7-17-20/h3-9,11,16H,10H2,1-2H3. The fraction of sp³-hybridized carbons (Fsp3) is 0.200. The Balaban J connectivity index is 1.75. The van der Waals surface area contributed by atoms with Crippen LogP contribution in [0.1, 0.15) is 11.3 Å². The molecule has 0 aliphatic rings. The van der Waals surface area contributed by atoms with Crippen LogP contribution in [0.4, 0.5) is 5.69 Å². The number of rotatable bonds is 4. The fourth-order valence-electron chi connectivity index (χ4n) is 2.09. The molecule has 1 N–H and O–H groups in total. The lowest BCUT2D eigenvalue weighted by Crippen LogP contribution is -2.02. The molecule has 2 heterocycles. The SMILES string of the molecule is Cc1c(CNc2cccc(-n3cccn3)c2)cnn1C. The third-order valence-corrected chi connectivity index (χ3v) is 3.43. The van der Waals surface area contributed by atoms with Crippen molar-refractivity contribution < 1.29 is 0 Å². The molecule has 20 heavy (non-hydrogen) atoms. The second-order valence-corrected chi connectivity index (χ2v) is 4.73. The first kappa shape index (κ1) is 12.5. The third kappa shape index (κ3) is 2.42. The quantitative estimate of drug-likeness (QED) is 0.790. The van der Waals surface area contributed by atoms with Gasteiger partial charge in [0, 0.05) is 42.9 Å². The first-order valence-electron chi connectivity index (χ1n) is 6.55. The maximum atomic E-state index is 4.25. The zero-order chi connectivity index (χ0) is 13.9. The van der Waals surface area contributed by atoms with Gasteiger partial charge in [-0.25, -0.2) is 4.68 Å². The number of anilines is 1. The van der Waals surface area contributed by atoms with Crippen LogP contribution in [0.3, 0.4) is 0 Å². The minimum absolute atomic E-state index is 0.766. The highest BCUT2D eigenvalue weighted by molar-refractivity contribution is 5.51. The van der Waals surface area contributed by atoms with Crippen LogP contribution in [0.15, 0.2) is 48.9 Å². The van der Waals surface area contributed by atoms with Gasteiger partial charge in [0.2, 0.25) is 0 Å². The van der Waals surface area contributed by atoms with Crippen LogP contribution in [-0.4, -0.2) is 19.6 Å². The normalized spacial score (nSPS) is 10.7. The summed E-state index contributed by atoms with van der Waals surface area (Å²) in [6, 6.07) is 10.1. The molecule has 0 unspecified atom stereocenters. The number of aryl methyl sites for hydroxylation is 1. The molecule has 0 saturated heterocycles. The summed E-state index contributed by atoms with van der Waals surface area (Å²) in [7, 11) is 1.96. The number of hydrogen-bond acceptors (Lipinski definition) is 3. The van der Waals surface area contributed by atoms with E-state index in [-0.39, 0.29) is 0 Å². The van der Waals surface area contributed by atoms with Crippen LogP contribution in [0.25, 0.3) is 5.69 Å². The summed E-state index contributed by atoms with van der Waals surface area (Å²) in [6.07, 6.45) is 5.61. The van der Waals surface area contributed by atoms with E-state index in [9.17, 15) is 0 Å². The zero-order valence-corrected chi connectivity index (χ0v) is 11.6. The van der Waals surface area contributed by atoms with E-state index in [0.29, 0.717) is 0 Å². The van der Waals surface area contributed by atoms with Gasteiger partial charge in [-0.05, 0) is 31.2 Å². The Morgan fingerprint density at radius 3 is 2.80 bits per heavy atom. The topological polar surface area (TPSA) is 47.7 Å². The third-order valence-electron chi connectivity index (χ3n) is 3.43. The first-order valence-corrected chi connectivity index (χ1v) is 6.55. The number of nitrogens with one attached hydrogen (secondary N) is 1. The Morgan fingerprint density at radius 1 is 1.20 bits per heavy atom. The summed E-state index contributed by atoms with van der Waals surface area (Å²) >= 11 is 0. The maximum Gasteiger partial charge on any atom is 0.0666 e. The van der Waals surface area contributed by atoms with Gasteiger partial charge in [0.1, 0.15) is 0 Å². The number of benzene rings is 1. The number of nitrogens with zero attached hydrogens (tertiary/aromatic N) is 4.